The van der Waals surface area contributed by atoms with E-state index in [9.17, 15) is 25.9 Å². The number of hydrogen-bond acceptors (Lipinski definition) is 4. The highest BCUT2D eigenvalue weighted by atomic mass is 32.2. The Labute approximate surface area is 147 Å². The van der Waals surface area contributed by atoms with Gasteiger partial charge in [0.05, 0.1) is 10.5 Å². The first-order valence-electron chi connectivity index (χ1n) is 8.81. The van der Waals surface area contributed by atoms with E-state index in [1.807, 2.05) is 0 Å². The topological polar surface area (TPSA) is 109 Å². The van der Waals surface area contributed by atoms with Crippen molar-refractivity contribution in [2.45, 2.75) is 86.5 Å². The fourth-order valence-electron chi connectivity index (χ4n) is 4.31. The van der Waals surface area contributed by atoms with Gasteiger partial charge in [0.2, 0.25) is 0 Å². The highest BCUT2D eigenvalue weighted by Crippen LogP contribution is 2.56. The van der Waals surface area contributed by atoms with Crippen molar-refractivity contribution in [1.29, 1.82) is 0 Å². The van der Waals surface area contributed by atoms with Gasteiger partial charge in [-0.1, -0.05) is 26.2 Å². The van der Waals surface area contributed by atoms with Crippen molar-refractivity contribution in [3.05, 3.63) is 0 Å². The molecule has 2 N–H and O–H groups in total. The molecular weight excluding hydrogens is 371 g/mol. The van der Waals surface area contributed by atoms with Gasteiger partial charge in [-0.25, -0.2) is 0 Å². The Kier molecular flexibility index (Phi) is 7.11. The Balaban J connectivity index is 2.13. The summed E-state index contributed by atoms with van der Waals surface area (Å²) >= 11 is 0. The minimum atomic E-state index is -4.00. The summed E-state index contributed by atoms with van der Waals surface area (Å²) in [4.78, 5) is 0. The lowest BCUT2D eigenvalue weighted by atomic mass is 9.99. The molecule has 4 unspecified atom stereocenters. The van der Waals surface area contributed by atoms with Gasteiger partial charge in [0.1, 0.15) is 0 Å². The van der Waals surface area contributed by atoms with Gasteiger partial charge in [-0.3, -0.25) is 9.11 Å². The van der Waals surface area contributed by atoms with Crippen molar-refractivity contribution >= 4 is 28.2 Å². The second-order valence-electron chi connectivity index (χ2n) is 7.15. The average molecular weight is 400 g/mol. The van der Waals surface area contributed by atoms with Crippen molar-refractivity contribution in [2.24, 2.45) is 0 Å². The molecule has 2 rings (SSSR count). The van der Waals surface area contributed by atoms with Crippen LogP contribution in [0.15, 0.2) is 0 Å². The predicted octanol–water partition coefficient (Wildman–Crippen LogP) is 3.28. The molecular formula is C15H29O6PS2. The zero-order chi connectivity index (χ0) is 18.0. The molecule has 0 aliphatic heterocycles. The zero-order valence-corrected chi connectivity index (χ0v) is 16.7. The molecule has 0 radical (unpaired) electrons. The molecule has 0 saturated heterocycles. The monoisotopic (exact) mass is 400 g/mol. The van der Waals surface area contributed by atoms with Crippen LogP contribution in [-0.2, 0) is 20.2 Å². The zero-order valence-electron chi connectivity index (χ0n) is 14.2. The largest absolute Gasteiger partial charge is 0.285 e. The van der Waals surface area contributed by atoms with E-state index >= 15 is 0 Å². The van der Waals surface area contributed by atoms with Crippen LogP contribution in [0.1, 0.15) is 64.7 Å². The van der Waals surface area contributed by atoms with Gasteiger partial charge in [-0.05, 0) is 56.0 Å². The third kappa shape index (κ3) is 5.37. The summed E-state index contributed by atoms with van der Waals surface area (Å²) in [6, 6.07) is 0. The Morgan fingerprint density at radius 1 is 0.833 bits per heavy atom. The van der Waals surface area contributed by atoms with Crippen LogP contribution in [0.25, 0.3) is 0 Å². The molecule has 4 atom stereocenters. The van der Waals surface area contributed by atoms with Crippen molar-refractivity contribution in [3.63, 3.8) is 0 Å². The molecule has 0 heterocycles. The highest BCUT2D eigenvalue weighted by molar-refractivity contribution is 7.86. The van der Waals surface area contributed by atoms with E-state index in [0.717, 1.165) is 38.3 Å². The summed E-state index contributed by atoms with van der Waals surface area (Å²) in [5.74, 6) is 0. The second kappa shape index (κ2) is 8.30. The first-order valence-corrected chi connectivity index (χ1v) is 13.5. The second-order valence-corrected chi connectivity index (χ2v) is 13.5. The van der Waals surface area contributed by atoms with Crippen molar-refractivity contribution in [2.75, 3.05) is 6.16 Å². The molecule has 2 fully saturated rings. The molecule has 0 aromatic rings. The quantitative estimate of drug-likeness (QED) is 0.523. The van der Waals surface area contributed by atoms with Gasteiger partial charge in [0.25, 0.3) is 20.2 Å². The molecule has 0 aromatic heterocycles. The van der Waals surface area contributed by atoms with Crippen molar-refractivity contribution < 1.29 is 25.9 Å². The Bertz CT molecular complexity index is 566. The average Bonchev–Trinajstić information content (AvgIpc) is 2.51. The van der Waals surface area contributed by atoms with Crippen LogP contribution in [0.5, 0.6) is 0 Å². The van der Waals surface area contributed by atoms with Gasteiger partial charge in [0.15, 0.2) is 0 Å². The molecule has 0 bridgehead atoms. The molecule has 2 aliphatic carbocycles. The first-order chi connectivity index (χ1) is 11.1. The van der Waals surface area contributed by atoms with Crippen LogP contribution < -0.4 is 0 Å². The van der Waals surface area contributed by atoms with E-state index in [0.29, 0.717) is 25.7 Å². The maximum absolute atomic E-state index is 11.5. The molecule has 0 aromatic carbocycles. The number of rotatable bonds is 6. The molecule has 2 aliphatic rings. The summed E-state index contributed by atoms with van der Waals surface area (Å²) in [5, 5.41) is -1.34. The molecule has 142 valence electrons. The highest BCUT2D eigenvalue weighted by Gasteiger charge is 2.39. The van der Waals surface area contributed by atoms with E-state index in [1.54, 1.807) is 0 Å². The molecule has 2 saturated carbocycles. The summed E-state index contributed by atoms with van der Waals surface area (Å²) in [7, 11) is -8.49. The minimum Gasteiger partial charge on any atom is -0.285 e. The predicted molar refractivity (Wildman–Crippen MR) is 97.3 cm³/mol. The summed E-state index contributed by atoms with van der Waals surface area (Å²) in [6.45, 7) is 2.10. The Morgan fingerprint density at radius 3 is 1.58 bits per heavy atom. The molecule has 0 amide bonds. The molecule has 0 spiro atoms. The van der Waals surface area contributed by atoms with Crippen LogP contribution in [0.4, 0.5) is 0 Å². The summed E-state index contributed by atoms with van der Waals surface area (Å²) in [5.41, 5.74) is 0.538. The van der Waals surface area contributed by atoms with Gasteiger partial charge in [-0.15, -0.1) is 7.92 Å². The van der Waals surface area contributed by atoms with Crippen LogP contribution in [-0.4, -0.2) is 53.9 Å². The summed E-state index contributed by atoms with van der Waals surface area (Å²) < 4.78 is 64.9. The lowest BCUT2D eigenvalue weighted by molar-refractivity contribution is 0.419. The van der Waals surface area contributed by atoms with Crippen molar-refractivity contribution in [1.82, 2.24) is 0 Å². The van der Waals surface area contributed by atoms with Crippen LogP contribution in [0.3, 0.4) is 0 Å². The maximum Gasteiger partial charge on any atom is 0.267 e. The SMILES string of the molecule is CCCP(C1CCCC(S(=O)(=O)O)C1)C1CCCC(S(=O)(=O)O)C1. The molecule has 24 heavy (non-hydrogen) atoms. The first kappa shape index (κ1) is 20.6. The van der Waals surface area contributed by atoms with E-state index in [-0.39, 0.29) is 11.3 Å². The van der Waals surface area contributed by atoms with E-state index in [1.165, 1.54) is 0 Å². The van der Waals surface area contributed by atoms with E-state index in [2.05, 4.69) is 6.92 Å². The molecule has 9 heteroatoms. The normalized spacial score (nSPS) is 34.0. The van der Waals surface area contributed by atoms with Crippen LogP contribution in [0.2, 0.25) is 0 Å². The Morgan fingerprint density at radius 2 is 1.25 bits per heavy atom. The van der Waals surface area contributed by atoms with Crippen molar-refractivity contribution in [3.8, 4) is 0 Å². The fourth-order valence-corrected chi connectivity index (χ4v) is 10.4. The minimum absolute atomic E-state index is 0.269. The summed E-state index contributed by atoms with van der Waals surface area (Å²) in [6.07, 6.45) is 7.54. The standard InChI is InChI=1S/C15H29O6PS2/c1-2-9-22(12-5-3-7-14(10-12)23(16,17)18)13-6-4-8-15(11-13)24(19,20)21/h12-15H,2-11H2,1H3,(H,16,17,18)(H,19,20,21). The lowest BCUT2D eigenvalue weighted by Gasteiger charge is -2.41. The number of hydrogen-bond donors (Lipinski definition) is 2. The lowest BCUT2D eigenvalue weighted by Crippen LogP contribution is -2.35. The van der Waals surface area contributed by atoms with Gasteiger partial charge in [-0.2, -0.15) is 16.8 Å². The van der Waals surface area contributed by atoms with Crippen LogP contribution >= 0.6 is 7.92 Å². The molecule has 6 nitrogen and oxygen atoms in total. The van der Waals surface area contributed by atoms with Gasteiger partial charge in [0, 0.05) is 0 Å². The van der Waals surface area contributed by atoms with Gasteiger partial charge >= 0.3 is 0 Å². The fraction of sp³-hybridized carbons (Fsp3) is 1.00. The Hall–Kier alpha value is 0.250. The van der Waals surface area contributed by atoms with Gasteiger partial charge < -0.3 is 0 Å². The van der Waals surface area contributed by atoms with E-state index in [4.69, 9.17) is 0 Å². The van der Waals surface area contributed by atoms with E-state index < -0.39 is 38.7 Å². The maximum atomic E-state index is 11.5. The third-order valence-corrected chi connectivity index (χ3v) is 11.8. The third-order valence-electron chi connectivity index (χ3n) is 5.46. The smallest absolute Gasteiger partial charge is 0.267 e. The van der Waals surface area contributed by atoms with Crippen LogP contribution in [0, 0.1) is 0 Å².